The van der Waals surface area contributed by atoms with Crippen LogP contribution in [0.1, 0.15) is 48.0 Å². The summed E-state index contributed by atoms with van der Waals surface area (Å²) in [6.45, 7) is 9.63. The molecule has 1 saturated carbocycles. The zero-order valence-electron chi connectivity index (χ0n) is 14.7. The van der Waals surface area contributed by atoms with Crippen LogP contribution in [-0.2, 0) is 4.79 Å². The molecular formula is C20H25N3O2. The molecule has 2 N–H and O–H groups in total. The molecule has 1 heterocycles. The second-order valence-electron chi connectivity index (χ2n) is 6.82. The van der Waals surface area contributed by atoms with Gasteiger partial charge in [-0.1, -0.05) is 19.2 Å². The molecule has 0 radical (unpaired) electrons. The Morgan fingerprint density at radius 1 is 1.36 bits per heavy atom. The zero-order valence-corrected chi connectivity index (χ0v) is 14.7. The van der Waals surface area contributed by atoms with Crippen molar-refractivity contribution in [2.75, 3.05) is 5.32 Å². The first-order valence-corrected chi connectivity index (χ1v) is 8.80. The first-order valence-electron chi connectivity index (χ1n) is 8.80. The summed E-state index contributed by atoms with van der Waals surface area (Å²) in [6.07, 6.45) is 6.08. The van der Waals surface area contributed by atoms with Gasteiger partial charge in [0.2, 0.25) is 5.91 Å². The van der Waals surface area contributed by atoms with E-state index < -0.39 is 0 Å². The molecule has 3 rings (SSSR count). The number of benzene rings is 1. The van der Waals surface area contributed by atoms with Gasteiger partial charge in [0, 0.05) is 35.6 Å². The minimum absolute atomic E-state index is 0.0550. The van der Waals surface area contributed by atoms with Gasteiger partial charge in [-0.2, -0.15) is 0 Å². The quantitative estimate of drug-likeness (QED) is 0.865. The maximum Gasteiger partial charge on any atom is 0.258 e. The molecule has 2 aliphatic rings. The highest BCUT2D eigenvalue weighted by molar-refractivity contribution is 5.97. The number of amides is 2. The Morgan fingerprint density at radius 2 is 2.12 bits per heavy atom. The van der Waals surface area contributed by atoms with Crippen LogP contribution >= 0.6 is 0 Å². The standard InChI is InChI=1S/C20H25N3O2/c1-4-23(18-10-11-19(24)21-14(18)3)20(25)17-12-16(9-8-13(17)2)22-15-6-5-7-15/h4,8-9,12,15,18,22H,1,3,5-7,10-11H2,2H3,(H,21,24). The van der Waals surface area contributed by atoms with Gasteiger partial charge in [-0.05, 0) is 50.3 Å². The minimum Gasteiger partial charge on any atom is -0.382 e. The number of carbonyl (C=O) groups is 2. The number of anilines is 1. The van der Waals surface area contributed by atoms with Crippen molar-refractivity contribution in [1.82, 2.24) is 10.2 Å². The first kappa shape index (κ1) is 17.3. The summed E-state index contributed by atoms with van der Waals surface area (Å²) in [4.78, 5) is 26.2. The number of nitrogens with one attached hydrogen (secondary N) is 2. The molecule has 1 unspecified atom stereocenters. The third-order valence-electron chi connectivity index (χ3n) is 5.06. The number of hydrogen-bond donors (Lipinski definition) is 2. The molecular weight excluding hydrogens is 314 g/mol. The highest BCUT2D eigenvalue weighted by Crippen LogP contribution is 2.26. The summed E-state index contributed by atoms with van der Waals surface area (Å²) in [5, 5.41) is 6.21. The van der Waals surface area contributed by atoms with E-state index in [4.69, 9.17) is 0 Å². The average Bonchev–Trinajstić information content (AvgIpc) is 2.54. The van der Waals surface area contributed by atoms with Crippen molar-refractivity contribution in [2.24, 2.45) is 0 Å². The van der Waals surface area contributed by atoms with Crippen molar-refractivity contribution >= 4 is 17.5 Å². The van der Waals surface area contributed by atoms with Crippen LogP contribution in [0.4, 0.5) is 5.69 Å². The van der Waals surface area contributed by atoms with Crippen molar-refractivity contribution in [1.29, 1.82) is 0 Å². The third kappa shape index (κ3) is 3.60. The van der Waals surface area contributed by atoms with Gasteiger partial charge in [0.15, 0.2) is 0 Å². The van der Waals surface area contributed by atoms with Crippen LogP contribution in [0.5, 0.6) is 0 Å². The fourth-order valence-electron chi connectivity index (χ4n) is 3.30. The van der Waals surface area contributed by atoms with Gasteiger partial charge in [0.25, 0.3) is 5.91 Å². The molecule has 25 heavy (non-hydrogen) atoms. The van der Waals surface area contributed by atoms with Gasteiger partial charge in [0.05, 0.1) is 6.04 Å². The molecule has 1 saturated heterocycles. The smallest absolute Gasteiger partial charge is 0.258 e. The number of nitrogens with zero attached hydrogens (tertiary/aromatic N) is 1. The number of rotatable bonds is 5. The molecule has 1 aliphatic heterocycles. The van der Waals surface area contributed by atoms with Crippen LogP contribution in [-0.4, -0.2) is 28.8 Å². The number of piperidine rings is 1. The van der Waals surface area contributed by atoms with Gasteiger partial charge in [-0.25, -0.2) is 0 Å². The fraction of sp³-hybridized carbons (Fsp3) is 0.400. The van der Waals surface area contributed by atoms with Crippen LogP contribution in [0, 0.1) is 6.92 Å². The highest BCUT2D eigenvalue weighted by atomic mass is 16.2. The van der Waals surface area contributed by atoms with Crippen molar-refractivity contribution < 1.29 is 9.59 Å². The van der Waals surface area contributed by atoms with Gasteiger partial charge < -0.3 is 15.5 Å². The molecule has 0 aromatic heterocycles. The van der Waals surface area contributed by atoms with E-state index in [1.807, 2.05) is 25.1 Å². The molecule has 1 aliphatic carbocycles. The average molecular weight is 339 g/mol. The summed E-state index contributed by atoms with van der Waals surface area (Å²) in [6, 6.07) is 6.14. The van der Waals surface area contributed by atoms with Crippen LogP contribution < -0.4 is 10.6 Å². The van der Waals surface area contributed by atoms with Crippen LogP contribution in [0.2, 0.25) is 0 Å². The van der Waals surface area contributed by atoms with Crippen LogP contribution in [0.3, 0.4) is 0 Å². The lowest BCUT2D eigenvalue weighted by atomic mass is 9.92. The summed E-state index contributed by atoms with van der Waals surface area (Å²) in [5.41, 5.74) is 3.08. The van der Waals surface area contributed by atoms with Crippen molar-refractivity contribution in [3.05, 3.63) is 54.4 Å². The number of aryl methyl sites for hydroxylation is 1. The van der Waals surface area contributed by atoms with Crippen molar-refractivity contribution in [2.45, 2.75) is 51.1 Å². The zero-order chi connectivity index (χ0) is 18.0. The lowest BCUT2D eigenvalue weighted by molar-refractivity contribution is -0.121. The Balaban J connectivity index is 1.82. The van der Waals surface area contributed by atoms with E-state index >= 15 is 0 Å². The monoisotopic (exact) mass is 339 g/mol. The van der Waals surface area contributed by atoms with Gasteiger partial charge in [-0.3, -0.25) is 9.59 Å². The Labute approximate surface area is 148 Å². The molecule has 0 bridgehead atoms. The SMILES string of the molecule is C=CN(C(=O)c1cc(NC2CCC2)ccc1C)C1CCC(=O)NC1=C. The molecule has 2 fully saturated rings. The second kappa shape index (κ2) is 7.13. The molecule has 5 nitrogen and oxygen atoms in total. The Kier molecular flexibility index (Phi) is 4.93. The third-order valence-corrected chi connectivity index (χ3v) is 5.06. The first-order chi connectivity index (χ1) is 12.0. The topological polar surface area (TPSA) is 61.4 Å². The summed E-state index contributed by atoms with van der Waals surface area (Å²) in [5.74, 6) is -0.173. The predicted molar refractivity (Wildman–Crippen MR) is 99.1 cm³/mol. The number of carbonyl (C=O) groups excluding carboxylic acids is 2. The Hall–Kier alpha value is -2.56. The molecule has 5 heteroatoms. The summed E-state index contributed by atoms with van der Waals surface area (Å²) in [7, 11) is 0. The maximum atomic E-state index is 13.1. The van der Waals surface area contributed by atoms with E-state index in [0.717, 1.165) is 11.3 Å². The summed E-state index contributed by atoms with van der Waals surface area (Å²) < 4.78 is 0. The Morgan fingerprint density at radius 3 is 2.72 bits per heavy atom. The molecule has 1 aromatic carbocycles. The largest absolute Gasteiger partial charge is 0.382 e. The number of hydrogen-bond acceptors (Lipinski definition) is 3. The van der Waals surface area contributed by atoms with Gasteiger partial charge in [-0.15, -0.1) is 0 Å². The molecule has 2 amide bonds. The van der Waals surface area contributed by atoms with Gasteiger partial charge in [0.1, 0.15) is 0 Å². The van der Waals surface area contributed by atoms with Crippen LogP contribution in [0.15, 0.2) is 43.3 Å². The normalized spacial score (nSPS) is 20.4. The minimum atomic E-state index is -0.259. The molecule has 0 spiro atoms. The molecule has 1 aromatic rings. The highest BCUT2D eigenvalue weighted by Gasteiger charge is 2.30. The predicted octanol–water partition coefficient (Wildman–Crippen LogP) is 3.34. The van der Waals surface area contributed by atoms with E-state index in [9.17, 15) is 9.59 Å². The van der Waals surface area contributed by atoms with E-state index in [1.165, 1.54) is 25.5 Å². The van der Waals surface area contributed by atoms with Crippen molar-refractivity contribution in [3.63, 3.8) is 0 Å². The molecule has 132 valence electrons. The lowest BCUT2D eigenvalue weighted by Crippen LogP contribution is -2.46. The lowest BCUT2D eigenvalue weighted by Gasteiger charge is -2.34. The summed E-state index contributed by atoms with van der Waals surface area (Å²) >= 11 is 0. The maximum absolute atomic E-state index is 13.1. The van der Waals surface area contributed by atoms with Gasteiger partial charge >= 0.3 is 0 Å². The van der Waals surface area contributed by atoms with Crippen molar-refractivity contribution in [3.8, 4) is 0 Å². The van der Waals surface area contributed by atoms with E-state index in [0.29, 0.717) is 30.1 Å². The second-order valence-corrected chi connectivity index (χ2v) is 6.82. The molecule has 1 atom stereocenters. The Bertz CT molecular complexity index is 722. The van der Waals surface area contributed by atoms with Crippen LogP contribution in [0.25, 0.3) is 0 Å². The van der Waals surface area contributed by atoms with E-state index in [1.54, 1.807) is 4.90 Å². The van der Waals surface area contributed by atoms with E-state index in [-0.39, 0.29) is 17.9 Å². The van der Waals surface area contributed by atoms with E-state index in [2.05, 4.69) is 23.8 Å². The fourth-order valence-corrected chi connectivity index (χ4v) is 3.30.